The lowest BCUT2D eigenvalue weighted by atomic mass is 10.0. The summed E-state index contributed by atoms with van der Waals surface area (Å²) in [6.45, 7) is -1.31. The molecule has 0 fully saturated rings. The number of aliphatic hydroxyl groups excluding tert-OH is 3. The van der Waals surface area contributed by atoms with Crippen LogP contribution in [-0.4, -0.2) is 50.6 Å². The molecule has 0 atom stereocenters. The monoisotopic (exact) mass is 289 g/mol. The number of hydrogen-bond acceptors (Lipinski definition) is 7. The maximum Gasteiger partial charge on any atom is 0.225 e. The highest BCUT2D eigenvalue weighted by Crippen LogP contribution is 2.28. The first-order valence-electron chi connectivity index (χ1n) is 5.15. The molecule has 0 aliphatic rings. The highest BCUT2D eigenvalue weighted by molar-refractivity contribution is 7.16. The number of nitrogens with one attached hydrogen (secondary N) is 1. The molecule has 2 aromatic heterocycles. The van der Waals surface area contributed by atoms with Crippen LogP contribution in [-0.2, 0) is 0 Å². The summed E-state index contributed by atoms with van der Waals surface area (Å²) in [6.07, 6.45) is 0. The zero-order valence-electron chi connectivity index (χ0n) is 9.30. The second-order valence-electron chi connectivity index (χ2n) is 3.86. The third-order valence-electron chi connectivity index (χ3n) is 2.59. The van der Waals surface area contributed by atoms with Crippen LogP contribution in [0.3, 0.4) is 0 Å². The van der Waals surface area contributed by atoms with Crippen LogP contribution < -0.4 is 5.32 Å². The third kappa shape index (κ3) is 2.40. The largest absolute Gasteiger partial charge is 0.394 e. The van der Waals surface area contributed by atoms with Gasteiger partial charge in [0.1, 0.15) is 16.2 Å². The Kier molecular flexibility index (Phi) is 3.98. The van der Waals surface area contributed by atoms with Crippen molar-refractivity contribution in [1.82, 2.24) is 9.97 Å². The lowest BCUT2D eigenvalue weighted by Gasteiger charge is -2.29. The van der Waals surface area contributed by atoms with Gasteiger partial charge in [0, 0.05) is 0 Å². The number of nitrogens with zero attached hydrogens (tertiary/aromatic N) is 2. The Morgan fingerprint density at radius 3 is 2.50 bits per heavy atom. The normalized spacial score (nSPS) is 12.0. The van der Waals surface area contributed by atoms with Crippen LogP contribution in [0.4, 0.5) is 5.82 Å². The predicted molar refractivity (Wildman–Crippen MR) is 70.0 cm³/mol. The molecule has 4 N–H and O–H groups in total. The maximum atomic E-state index is 9.27. The van der Waals surface area contributed by atoms with Gasteiger partial charge in [-0.25, -0.2) is 9.97 Å². The van der Waals surface area contributed by atoms with E-state index in [2.05, 4.69) is 15.3 Å². The number of halogens is 1. The van der Waals surface area contributed by atoms with E-state index in [1.165, 1.54) is 11.3 Å². The van der Waals surface area contributed by atoms with Crippen molar-refractivity contribution in [1.29, 1.82) is 0 Å². The summed E-state index contributed by atoms with van der Waals surface area (Å²) in [6, 6.07) is 1.80. The van der Waals surface area contributed by atoms with Crippen molar-refractivity contribution in [3.8, 4) is 0 Å². The van der Waals surface area contributed by atoms with Gasteiger partial charge in [-0.15, -0.1) is 11.3 Å². The summed E-state index contributed by atoms with van der Waals surface area (Å²) >= 11 is 7.20. The molecule has 2 rings (SSSR count). The van der Waals surface area contributed by atoms with Crippen LogP contribution in [0, 0.1) is 0 Å². The molecule has 0 amide bonds. The molecule has 2 heterocycles. The molecule has 6 nitrogen and oxygen atoms in total. The maximum absolute atomic E-state index is 9.27. The van der Waals surface area contributed by atoms with Crippen LogP contribution >= 0.6 is 22.9 Å². The average Bonchev–Trinajstić information content (AvgIpc) is 2.84. The Balaban J connectivity index is 2.44. The van der Waals surface area contributed by atoms with Crippen molar-refractivity contribution in [2.75, 3.05) is 25.1 Å². The van der Waals surface area contributed by atoms with Gasteiger partial charge in [0.05, 0.1) is 25.2 Å². The van der Waals surface area contributed by atoms with Gasteiger partial charge in [0.15, 0.2) is 0 Å². The van der Waals surface area contributed by atoms with Gasteiger partial charge < -0.3 is 20.6 Å². The fraction of sp³-hybridized carbons (Fsp3) is 0.400. The van der Waals surface area contributed by atoms with Gasteiger partial charge in [-0.3, -0.25) is 0 Å². The van der Waals surface area contributed by atoms with Gasteiger partial charge in [-0.05, 0) is 23.0 Å². The van der Waals surface area contributed by atoms with Gasteiger partial charge >= 0.3 is 0 Å². The minimum absolute atomic E-state index is 0.0650. The van der Waals surface area contributed by atoms with Crippen molar-refractivity contribution in [3.05, 3.63) is 16.7 Å². The SMILES string of the molecule is OCC(CO)(CO)Nc1nc(Cl)nc2sccc12. The smallest absolute Gasteiger partial charge is 0.225 e. The van der Waals surface area contributed by atoms with Gasteiger partial charge in [-0.1, -0.05) is 0 Å². The van der Waals surface area contributed by atoms with E-state index < -0.39 is 25.4 Å². The fourth-order valence-corrected chi connectivity index (χ4v) is 2.43. The van der Waals surface area contributed by atoms with Gasteiger partial charge in [-0.2, -0.15) is 0 Å². The summed E-state index contributed by atoms with van der Waals surface area (Å²) in [5, 5.41) is 33.3. The molecule has 0 aliphatic carbocycles. The Morgan fingerprint density at radius 2 is 1.89 bits per heavy atom. The highest BCUT2D eigenvalue weighted by atomic mass is 35.5. The molecule has 0 saturated carbocycles. The van der Waals surface area contributed by atoms with Crippen LogP contribution in [0.2, 0.25) is 5.28 Å². The summed E-state index contributed by atoms with van der Waals surface area (Å²) in [7, 11) is 0. The van der Waals surface area contributed by atoms with Crippen molar-refractivity contribution >= 4 is 39.0 Å². The van der Waals surface area contributed by atoms with Crippen molar-refractivity contribution in [2.24, 2.45) is 0 Å². The summed E-state index contributed by atoms with van der Waals surface area (Å²) in [5.41, 5.74) is -1.24. The molecule has 0 aliphatic heterocycles. The standard InChI is InChI=1S/C10H12ClN3O3S/c11-9-12-7(6-1-2-18-8(6)13-9)14-10(3-15,4-16)5-17/h1-2,15-17H,3-5H2,(H,12,13,14). The summed E-state index contributed by atoms with van der Waals surface area (Å²) in [4.78, 5) is 8.76. The van der Waals surface area contributed by atoms with Crippen molar-refractivity contribution in [2.45, 2.75) is 5.54 Å². The van der Waals surface area contributed by atoms with E-state index >= 15 is 0 Å². The van der Waals surface area contributed by atoms with E-state index in [0.717, 1.165) is 5.39 Å². The first-order valence-corrected chi connectivity index (χ1v) is 6.41. The van der Waals surface area contributed by atoms with E-state index in [-0.39, 0.29) is 5.28 Å². The minimum Gasteiger partial charge on any atom is -0.394 e. The summed E-state index contributed by atoms with van der Waals surface area (Å²) in [5.74, 6) is 0.378. The van der Waals surface area contributed by atoms with Crippen LogP contribution in [0.1, 0.15) is 0 Å². The Hall–Kier alpha value is -0.990. The molecule has 0 radical (unpaired) electrons. The molecule has 98 valence electrons. The first kappa shape index (κ1) is 13.4. The first-order chi connectivity index (χ1) is 8.64. The molecule has 2 aromatic rings. The molecule has 18 heavy (non-hydrogen) atoms. The summed E-state index contributed by atoms with van der Waals surface area (Å²) < 4.78 is 0. The van der Waals surface area contributed by atoms with E-state index in [0.29, 0.717) is 10.6 Å². The molecular formula is C10H12ClN3O3S. The Bertz CT molecular complexity index is 536. The number of fused-ring (bicyclic) bond motifs is 1. The van der Waals surface area contributed by atoms with E-state index in [4.69, 9.17) is 11.6 Å². The zero-order chi connectivity index (χ0) is 13.2. The Labute approximate surface area is 112 Å². The number of rotatable bonds is 5. The number of thiophene rings is 1. The fourth-order valence-electron chi connectivity index (χ4n) is 1.44. The highest BCUT2D eigenvalue weighted by Gasteiger charge is 2.29. The third-order valence-corrected chi connectivity index (χ3v) is 3.56. The molecule has 0 bridgehead atoms. The lowest BCUT2D eigenvalue weighted by Crippen LogP contribution is -2.49. The minimum atomic E-state index is -1.24. The second kappa shape index (κ2) is 5.33. The number of aromatic nitrogens is 2. The molecular weight excluding hydrogens is 278 g/mol. The van der Waals surface area contributed by atoms with Crippen LogP contribution in [0.25, 0.3) is 10.2 Å². The Morgan fingerprint density at radius 1 is 1.22 bits per heavy atom. The van der Waals surface area contributed by atoms with E-state index in [9.17, 15) is 15.3 Å². The molecule has 8 heteroatoms. The van der Waals surface area contributed by atoms with Crippen molar-refractivity contribution in [3.63, 3.8) is 0 Å². The topological polar surface area (TPSA) is 98.5 Å². The number of anilines is 1. The van der Waals surface area contributed by atoms with E-state index in [1.54, 1.807) is 6.07 Å². The van der Waals surface area contributed by atoms with E-state index in [1.807, 2.05) is 5.38 Å². The molecule has 0 aromatic carbocycles. The molecule has 0 spiro atoms. The number of aliphatic hydroxyl groups is 3. The quantitative estimate of drug-likeness (QED) is 0.598. The lowest BCUT2D eigenvalue weighted by molar-refractivity contribution is 0.0832. The predicted octanol–water partition coefficient (Wildman–Crippen LogP) is 0.472. The molecule has 0 saturated heterocycles. The second-order valence-corrected chi connectivity index (χ2v) is 5.09. The van der Waals surface area contributed by atoms with Crippen molar-refractivity contribution < 1.29 is 15.3 Å². The van der Waals surface area contributed by atoms with Crippen LogP contribution in [0.15, 0.2) is 11.4 Å². The molecule has 0 unspecified atom stereocenters. The van der Waals surface area contributed by atoms with Gasteiger partial charge in [0.25, 0.3) is 0 Å². The average molecular weight is 290 g/mol. The van der Waals surface area contributed by atoms with Crippen LogP contribution in [0.5, 0.6) is 0 Å². The number of hydrogen-bond donors (Lipinski definition) is 4. The zero-order valence-corrected chi connectivity index (χ0v) is 10.9. The van der Waals surface area contributed by atoms with Gasteiger partial charge in [0.2, 0.25) is 5.28 Å².